The second-order valence-corrected chi connectivity index (χ2v) is 16.7. The fourth-order valence-electron chi connectivity index (χ4n) is 7.97. The SMILES string of the molecule is CCCN(C)C(=O)[C@H]1CCc2c(sc3ncnc(Nc4cnc5c(c4)C=NC5)c23)C1.O=C(O)[C@H]1CCc2c(sc3ncnc(Nc4cnc5c(c4)C=NC5)c23)C1. The maximum Gasteiger partial charge on any atom is 0.306 e. The summed E-state index contributed by atoms with van der Waals surface area (Å²) < 4.78 is 0. The van der Waals surface area contributed by atoms with Gasteiger partial charge in [0.05, 0.1) is 64.9 Å². The second-order valence-electron chi connectivity index (χ2n) is 14.5. The highest BCUT2D eigenvalue weighted by Crippen LogP contribution is 2.42. The number of aliphatic imine (C=N–C) groups is 2. The van der Waals surface area contributed by atoms with Crippen LogP contribution >= 0.6 is 22.7 Å². The molecule has 0 spiro atoms. The number of pyridine rings is 2. The van der Waals surface area contributed by atoms with Crippen molar-refractivity contribution in [2.75, 3.05) is 24.2 Å². The minimum atomic E-state index is -0.719. The van der Waals surface area contributed by atoms with Crippen LogP contribution in [-0.2, 0) is 48.4 Å². The molecule has 0 unspecified atom stereocenters. The number of anilines is 4. The molecule has 1 amide bonds. The molecule has 0 fully saturated rings. The molecule has 284 valence electrons. The Bertz CT molecular complexity index is 2580. The Kier molecular flexibility index (Phi) is 9.67. The molecule has 4 aliphatic rings. The third-order valence-electron chi connectivity index (χ3n) is 10.8. The van der Waals surface area contributed by atoms with Crippen LogP contribution in [0.25, 0.3) is 20.4 Å². The van der Waals surface area contributed by atoms with Crippen LogP contribution in [0, 0.1) is 11.8 Å². The smallest absolute Gasteiger partial charge is 0.306 e. The van der Waals surface area contributed by atoms with Crippen molar-refractivity contribution in [3.63, 3.8) is 0 Å². The molecule has 2 atom stereocenters. The number of aromatic nitrogens is 6. The number of carboxylic acids is 1. The van der Waals surface area contributed by atoms with Crippen LogP contribution in [0.15, 0.2) is 47.2 Å². The van der Waals surface area contributed by atoms with Gasteiger partial charge in [-0.3, -0.25) is 29.5 Å². The monoisotopic (exact) mass is 785 g/mol. The van der Waals surface area contributed by atoms with Gasteiger partial charge in [0.1, 0.15) is 34.0 Å². The van der Waals surface area contributed by atoms with E-state index in [1.807, 2.05) is 36.6 Å². The summed E-state index contributed by atoms with van der Waals surface area (Å²) in [5, 5.41) is 18.2. The zero-order chi connectivity index (χ0) is 38.3. The van der Waals surface area contributed by atoms with Crippen molar-refractivity contribution in [2.24, 2.45) is 21.8 Å². The van der Waals surface area contributed by atoms with E-state index in [9.17, 15) is 14.7 Å². The number of amides is 1. The van der Waals surface area contributed by atoms with Crippen LogP contribution in [0.5, 0.6) is 0 Å². The first-order valence-corrected chi connectivity index (χ1v) is 20.5. The Balaban J connectivity index is 0.000000148. The summed E-state index contributed by atoms with van der Waals surface area (Å²) in [5.74, 6) is 0.852. The molecule has 2 aliphatic carbocycles. The van der Waals surface area contributed by atoms with Crippen molar-refractivity contribution >= 4 is 90.4 Å². The molecule has 0 aromatic carbocycles. The Morgan fingerprint density at radius 1 is 0.768 bits per heavy atom. The third-order valence-corrected chi connectivity index (χ3v) is 13.1. The van der Waals surface area contributed by atoms with Gasteiger partial charge < -0.3 is 20.6 Å². The molecule has 10 rings (SSSR count). The lowest BCUT2D eigenvalue weighted by molar-refractivity contribution is -0.142. The standard InChI is InChI=1S/C22H24N6OS.C18H15N5O2S/c1-3-6-28(2)22(29)13-4-5-16-18(8-13)30-21-19(16)20(25-12-26-21)27-15-7-14-9-23-11-17(14)24-10-15;24-18(25)9-1-2-12-14(4-9)26-17-15(12)16(21-8-22-17)23-11-3-10-5-19-7-13(10)20-6-11/h7,9-10,12-13H,3-6,8,11H2,1-2H3,(H,25,26,27);3,5-6,8-9H,1-2,4,7H2,(H,24,25)(H,21,22,23)/t13-;9-/m00/s1. The number of aryl methyl sites for hydroxylation is 2. The van der Waals surface area contributed by atoms with Gasteiger partial charge >= 0.3 is 5.97 Å². The normalized spacial score (nSPS) is 17.5. The zero-order valence-corrected chi connectivity index (χ0v) is 32.6. The highest BCUT2D eigenvalue weighted by molar-refractivity contribution is 7.19. The van der Waals surface area contributed by atoms with E-state index in [0.29, 0.717) is 25.9 Å². The number of carboxylic acid groups (broad SMARTS) is 1. The van der Waals surface area contributed by atoms with Crippen LogP contribution in [0.4, 0.5) is 23.0 Å². The fraction of sp³-hybridized carbons (Fsp3) is 0.350. The Morgan fingerprint density at radius 3 is 1.80 bits per heavy atom. The maximum atomic E-state index is 12.8. The molecule has 0 saturated heterocycles. The molecule has 2 aliphatic heterocycles. The highest BCUT2D eigenvalue weighted by atomic mass is 32.1. The summed E-state index contributed by atoms with van der Waals surface area (Å²) in [5.41, 5.74) is 8.29. The molecule has 56 heavy (non-hydrogen) atoms. The first-order chi connectivity index (χ1) is 27.3. The third kappa shape index (κ3) is 6.87. The molecule has 6 aromatic heterocycles. The number of nitrogens with one attached hydrogen (secondary N) is 2. The number of aliphatic carboxylic acids is 1. The highest BCUT2D eigenvalue weighted by Gasteiger charge is 2.31. The number of hydrogen-bond donors (Lipinski definition) is 3. The van der Waals surface area contributed by atoms with E-state index in [0.717, 1.165) is 109 Å². The molecule has 0 bridgehead atoms. The number of hydrogen-bond acceptors (Lipinski definition) is 14. The van der Waals surface area contributed by atoms with Gasteiger partial charge in [-0.1, -0.05) is 6.92 Å². The summed E-state index contributed by atoms with van der Waals surface area (Å²) in [6.07, 6.45) is 16.0. The van der Waals surface area contributed by atoms with Crippen molar-refractivity contribution in [3.8, 4) is 0 Å². The second kappa shape index (κ2) is 15.1. The molecular weight excluding hydrogens is 747 g/mol. The van der Waals surface area contributed by atoms with E-state index in [2.05, 4.69) is 63.5 Å². The van der Waals surface area contributed by atoms with Crippen LogP contribution in [-0.4, -0.2) is 77.8 Å². The molecule has 14 nitrogen and oxygen atoms in total. The van der Waals surface area contributed by atoms with Gasteiger partial charge in [0, 0.05) is 52.8 Å². The Hall–Kier alpha value is -5.74. The van der Waals surface area contributed by atoms with Crippen LogP contribution in [0.3, 0.4) is 0 Å². The predicted octanol–water partition coefficient (Wildman–Crippen LogP) is 6.69. The topological polar surface area (TPSA) is 184 Å². The Morgan fingerprint density at radius 2 is 1.29 bits per heavy atom. The summed E-state index contributed by atoms with van der Waals surface area (Å²) in [6, 6.07) is 4.08. The number of nitrogens with zero attached hydrogens (tertiary/aromatic N) is 9. The summed E-state index contributed by atoms with van der Waals surface area (Å²) in [4.78, 5) is 65.6. The van der Waals surface area contributed by atoms with E-state index >= 15 is 0 Å². The van der Waals surface area contributed by atoms with Crippen LogP contribution < -0.4 is 10.6 Å². The molecular formula is C40H39N11O3S2. The van der Waals surface area contributed by atoms with Crippen LogP contribution in [0.1, 0.15) is 69.6 Å². The van der Waals surface area contributed by atoms with Crippen molar-refractivity contribution in [2.45, 2.75) is 65.0 Å². The average molecular weight is 786 g/mol. The lowest BCUT2D eigenvalue weighted by Crippen LogP contribution is -2.35. The van der Waals surface area contributed by atoms with Gasteiger partial charge in [0.2, 0.25) is 5.91 Å². The van der Waals surface area contributed by atoms with E-state index in [4.69, 9.17) is 0 Å². The molecule has 3 N–H and O–H groups in total. The molecule has 16 heteroatoms. The van der Waals surface area contributed by atoms with Gasteiger partial charge in [-0.2, -0.15) is 0 Å². The predicted molar refractivity (Wildman–Crippen MR) is 219 cm³/mol. The summed E-state index contributed by atoms with van der Waals surface area (Å²) >= 11 is 3.27. The maximum absolute atomic E-state index is 12.8. The zero-order valence-electron chi connectivity index (χ0n) is 30.9. The minimum Gasteiger partial charge on any atom is -0.481 e. The lowest BCUT2D eigenvalue weighted by Gasteiger charge is -2.26. The lowest BCUT2D eigenvalue weighted by atomic mass is 9.87. The van der Waals surface area contributed by atoms with E-state index in [1.54, 1.807) is 41.5 Å². The number of carbonyl (C=O) groups excluding carboxylic acids is 1. The van der Waals surface area contributed by atoms with Crippen molar-refractivity contribution in [1.29, 1.82) is 0 Å². The van der Waals surface area contributed by atoms with E-state index in [1.165, 1.54) is 16.0 Å². The molecule has 6 aromatic rings. The summed E-state index contributed by atoms with van der Waals surface area (Å²) in [6.45, 7) is 4.20. The first-order valence-electron chi connectivity index (χ1n) is 18.8. The van der Waals surface area contributed by atoms with Gasteiger partial charge in [-0.25, -0.2) is 19.9 Å². The average Bonchev–Trinajstić information content (AvgIpc) is 4.02. The molecule has 8 heterocycles. The Labute approximate surface area is 330 Å². The molecule has 0 saturated carbocycles. The number of fused-ring (bicyclic) bond motifs is 8. The van der Waals surface area contributed by atoms with Crippen molar-refractivity contribution in [3.05, 3.63) is 80.6 Å². The molecule has 0 radical (unpaired) electrons. The first kappa shape index (κ1) is 35.9. The number of carbonyl (C=O) groups is 2. The van der Waals surface area contributed by atoms with Crippen molar-refractivity contribution < 1.29 is 14.7 Å². The van der Waals surface area contributed by atoms with Gasteiger partial charge in [0.15, 0.2) is 0 Å². The van der Waals surface area contributed by atoms with Crippen LogP contribution in [0.2, 0.25) is 0 Å². The van der Waals surface area contributed by atoms with Gasteiger partial charge in [-0.15, -0.1) is 22.7 Å². The van der Waals surface area contributed by atoms with Gasteiger partial charge in [-0.05, 0) is 68.2 Å². The summed E-state index contributed by atoms with van der Waals surface area (Å²) in [7, 11) is 1.91. The van der Waals surface area contributed by atoms with E-state index < -0.39 is 5.97 Å². The van der Waals surface area contributed by atoms with E-state index in [-0.39, 0.29) is 17.7 Å². The largest absolute Gasteiger partial charge is 0.481 e. The fourth-order valence-corrected chi connectivity index (χ4v) is 10.5. The number of rotatable bonds is 8. The number of thiophene rings is 2. The van der Waals surface area contributed by atoms with Crippen molar-refractivity contribution in [1.82, 2.24) is 34.8 Å². The minimum absolute atomic E-state index is 0.0617. The van der Waals surface area contributed by atoms with Gasteiger partial charge in [0.25, 0.3) is 0 Å². The quantitative estimate of drug-likeness (QED) is 0.150.